The maximum absolute atomic E-state index is 15.3. The average molecular weight is 829 g/mol. The Hall–Kier alpha value is -4.53. The minimum absolute atomic E-state index is 0.0647. The first kappa shape index (κ1) is 39.6. The third kappa shape index (κ3) is 4.67. The fourth-order valence-electron chi connectivity index (χ4n) is 14.1. The van der Waals surface area contributed by atoms with E-state index in [2.05, 4.69) is 20.9 Å². The number of ether oxygens (including phenoxy) is 4. The second kappa shape index (κ2) is 12.8. The molecule has 10 atom stereocenters. The van der Waals surface area contributed by atoms with Crippen molar-refractivity contribution in [1.29, 1.82) is 0 Å². The smallest absolute Gasteiger partial charge is 0.344 e. The number of nitrogens with zero attached hydrogens (tertiary/aromatic N) is 3. The summed E-state index contributed by atoms with van der Waals surface area (Å²) in [6.45, 7) is 6.09. The number of piperidine rings is 1. The minimum Gasteiger partial charge on any atom is -0.496 e. The van der Waals surface area contributed by atoms with Crippen LogP contribution in [0.4, 0.5) is 14.5 Å². The summed E-state index contributed by atoms with van der Waals surface area (Å²) >= 11 is 0. The van der Waals surface area contributed by atoms with Crippen molar-refractivity contribution in [3.8, 4) is 5.75 Å². The average Bonchev–Trinajstić information content (AvgIpc) is 3.55. The van der Waals surface area contributed by atoms with Crippen molar-refractivity contribution in [3.63, 3.8) is 0 Å². The highest BCUT2D eigenvalue weighted by molar-refractivity contribution is 5.95. The summed E-state index contributed by atoms with van der Waals surface area (Å²) in [5.41, 5.74) is -1.97. The van der Waals surface area contributed by atoms with E-state index in [9.17, 15) is 14.7 Å². The Labute approximate surface area is 348 Å². The zero-order valence-corrected chi connectivity index (χ0v) is 35.3. The van der Waals surface area contributed by atoms with E-state index in [1.807, 2.05) is 61.4 Å². The van der Waals surface area contributed by atoms with Gasteiger partial charge in [0.2, 0.25) is 11.5 Å². The fourth-order valence-corrected chi connectivity index (χ4v) is 14.1. The van der Waals surface area contributed by atoms with E-state index in [-0.39, 0.29) is 24.9 Å². The summed E-state index contributed by atoms with van der Waals surface area (Å²) in [6, 6.07) is 10.5. The van der Waals surface area contributed by atoms with E-state index in [0.717, 1.165) is 29.0 Å². The molecule has 0 radical (unpaired) electrons. The number of benzene rings is 2. The molecule has 2 saturated heterocycles. The molecular weight excluding hydrogens is 775 g/mol. The van der Waals surface area contributed by atoms with Crippen molar-refractivity contribution in [2.45, 2.75) is 106 Å². The molecule has 6 heterocycles. The Kier molecular flexibility index (Phi) is 8.42. The number of H-pyrrole nitrogens is 1. The van der Waals surface area contributed by atoms with Crippen LogP contribution in [0.15, 0.2) is 48.6 Å². The van der Waals surface area contributed by atoms with Crippen LogP contribution in [0.1, 0.15) is 75.3 Å². The molecule has 2 spiro atoms. The highest BCUT2D eigenvalue weighted by atomic mass is 19.3. The van der Waals surface area contributed by atoms with Crippen LogP contribution in [0.2, 0.25) is 0 Å². The predicted octanol–water partition coefficient (Wildman–Crippen LogP) is 5.22. The number of carbonyl (C=O) groups is 3. The molecule has 0 amide bonds. The summed E-state index contributed by atoms with van der Waals surface area (Å²) in [5.74, 6) is -5.39. The first-order valence-corrected chi connectivity index (χ1v) is 21.2. The Morgan fingerprint density at radius 3 is 2.48 bits per heavy atom. The monoisotopic (exact) mass is 828 g/mol. The number of methoxy groups -OCH3 is 3. The number of rotatable bonds is 7. The number of aromatic nitrogens is 1. The van der Waals surface area contributed by atoms with Crippen LogP contribution in [0, 0.1) is 17.3 Å². The minimum atomic E-state index is -2.87. The molecule has 7 aliphatic rings. The fraction of sp³-hybridized carbons (Fsp3) is 0.587. The first-order chi connectivity index (χ1) is 28.5. The van der Waals surface area contributed by atoms with Crippen LogP contribution >= 0.6 is 0 Å². The molecule has 0 bridgehead atoms. The van der Waals surface area contributed by atoms with Gasteiger partial charge in [-0.25, -0.2) is 13.6 Å². The van der Waals surface area contributed by atoms with Gasteiger partial charge in [0.1, 0.15) is 11.2 Å². The van der Waals surface area contributed by atoms with Gasteiger partial charge in [-0.2, -0.15) is 0 Å². The van der Waals surface area contributed by atoms with Crippen molar-refractivity contribution in [3.05, 3.63) is 70.9 Å². The topological polar surface area (TPSA) is 134 Å². The van der Waals surface area contributed by atoms with Gasteiger partial charge in [-0.1, -0.05) is 37.3 Å². The van der Waals surface area contributed by atoms with E-state index in [0.29, 0.717) is 68.0 Å². The number of para-hydroxylation sites is 1. The first-order valence-electron chi connectivity index (χ1n) is 21.2. The number of likely N-dealkylation sites (N-methyl/N-ethyl adjacent to an activating group) is 1. The maximum atomic E-state index is 15.3. The number of nitrogens with one attached hydrogen (secondary N) is 1. The largest absolute Gasteiger partial charge is 0.496 e. The van der Waals surface area contributed by atoms with Crippen molar-refractivity contribution < 1.29 is 47.2 Å². The lowest BCUT2D eigenvalue weighted by Crippen LogP contribution is -2.81. The molecule has 5 aliphatic heterocycles. The van der Waals surface area contributed by atoms with Gasteiger partial charge in [0, 0.05) is 95.8 Å². The van der Waals surface area contributed by atoms with Crippen LogP contribution in [0.5, 0.6) is 5.75 Å². The normalized spacial score (nSPS) is 37.5. The summed E-state index contributed by atoms with van der Waals surface area (Å²) in [6.07, 6.45) is 5.00. The Morgan fingerprint density at radius 1 is 1.05 bits per heavy atom. The maximum Gasteiger partial charge on any atom is 0.344 e. The molecule has 4 fully saturated rings. The zero-order valence-electron chi connectivity index (χ0n) is 35.3. The highest BCUT2D eigenvalue weighted by Crippen LogP contribution is 2.70. The quantitative estimate of drug-likeness (QED) is 0.185. The lowest BCUT2D eigenvalue weighted by atomic mass is 9.47. The van der Waals surface area contributed by atoms with Crippen molar-refractivity contribution in [1.82, 2.24) is 14.8 Å². The Bertz CT molecular complexity index is 2380. The van der Waals surface area contributed by atoms with Gasteiger partial charge in [-0.05, 0) is 74.8 Å². The van der Waals surface area contributed by atoms with Crippen LogP contribution < -0.4 is 9.64 Å². The molecule has 320 valence electrons. The molecule has 3 aromatic rings. The van der Waals surface area contributed by atoms with Crippen LogP contribution in [-0.4, -0.2) is 121 Å². The molecule has 2 N–H and O–H groups in total. The predicted molar refractivity (Wildman–Crippen MR) is 217 cm³/mol. The van der Waals surface area contributed by atoms with Gasteiger partial charge >= 0.3 is 17.9 Å². The molecule has 14 heteroatoms. The molecule has 1 aromatic heterocycles. The van der Waals surface area contributed by atoms with E-state index < -0.39 is 69.3 Å². The van der Waals surface area contributed by atoms with E-state index in [4.69, 9.17) is 18.9 Å². The molecule has 12 nitrogen and oxygen atoms in total. The summed E-state index contributed by atoms with van der Waals surface area (Å²) in [5, 5.41) is 14.2. The van der Waals surface area contributed by atoms with Crippen molar-refractivity contribution in [2.75, 3.05) is 52.9 Å². The molecular formula is C46H54F2N4O8. The second-order valence-electron chi connectivity index (χ2n) is 18.8. The second-order valence-corrected chi connectivity index (χ2v) is 18.8. The number of hydrogen-bond acceptors (Lipinski definition) is 11. The number of aliphatic hydroxyl groups is 1. The highest BCUT2D eigenvalue weighted by Gasteiger charge is 2.80. The number of anilines is 1. The van der Waals surface area contributed by atoms with Crippen LogP contribution in [-0.2, 0) is 46.0 Å². The Balaban J connectivity index is 1.26. The Morgan fingerprint density at radius 2 is 1.80 bits per heavy atom. The van der Waals surface area contributed by atoms with Gasteiger partial charge in [0.05, 0.1) is 27.4 Å². The molecule has 60 heavy (non-hydrogen) atoms. The van der Waals surface area contributed by atoms with Crippen LogP contribution in [0.25, 0.3) is 10.9 Å². The number of hydrogen-bond donors (Lipinski definition) is 2. The summed E-state index contributed by atoms with van der Waals surface area (Å²) in [7, 11) is 6.02. The van der Waals surface area contributed by atoms with E-state index in [1.54, 1.807) is 7.11 Å². The molecule has 2 saturated carbocycles. The standard InChI is InChI=1S/C46H54F2N4O8/c1-8-42-14-11-16-51-17-15-44(36(42)51)30-19-31(34(57-5)20-33(30)50(4)37(44)46(56,40(55)59-7)38(42)60-25(2)53)45(39(54)58-6)24-43-21-26(43)18-27(41(3,47)48)22-52(43)23-29-28-12-9-10-13-32(28)49-35(29)45/h9-14,19-20,26-27,36-38,49,56H,8,15-18,21-24H2,1-7H3/t26?,27?,36-,37+,38+,42+,43?,44+,45-,46+/m0/s1. The van der Waals surface area contributed by atoms with E-state index in [1.165, 1.54) is 21.1 Å². The van der Waals surface area contributed by atoms with Gasteiger partial charge in [0.25, 0.3) is 0 Å². The lowest BCUT2D eigenvalue weighted by molar-refractivity contribution is -0.228. The van der Waals surface area contributed by atoms with Gasteiger partial charge in [-0.3, -0.25) is 19.4 Å². The lowest BCUT2D eigenvalue weighted by Gasteiger charge is -2.63. The number of esters is 3. The molecule has 2 aliphatic carbocycles. The van der Waals surface area contributed by atoms with Crippen molar-refractivity contribution in [2.24, 2.45) is 17.3 Å². The van der Waals surface area contributed by atoms with Gasteiger partial charge in [0.15, 0.2) is 6.10 Å². The molecule has 2 aromatic carbocycles. The number of carbonyl (C=O) groups excluding carboxylic acids is 3. The summed E-state index contributed by atoms with van der Waals surface area (Å²) < 4.78 is 54.2. The third-order valence-electron chi connectivity index (χ3n) is 16.4. The van der Waals surface area contributed by atoms with Gasteiger partial charge in [-0.15, -0.1) is 0 Å². The zero-order chi connectivity index (χ0) is 42.5. The van der Waals surface area contributed by atoms with Gasteiger partial charge < -0.3 is 33.9 Å². The van der Waals surface area contributed by atoms with Crippen LogP contribution in [0.3, 0.4) is 0 Å². The van der Waals surface area contributed by atoms with Crippen molar-refractivity contribution >= 4 is 34.5 Å². The number of halogens is 2. The number of fused-ring (bicyclic) bond motifs is 4. The molecule has 3 unspecified atom stereocenters. The van der Waals surface area contributed by atoms with E-state index >= 15 is 13.6 Å². The number of alkyl halides is 2. The SMILES string of the molecule is CC[C@]12C=CCN3CC[C@@]4(c5cc([C@@]6(C(=O)OC)CC78CC7CC(C(C)(F)F)CN8Cc7c6[nH]c6ccccc76)c(OC)cc5N(C)[C@H]4[C@](O)(C(=O)OC)[C@@H]1OC(C)=O)[C@@H]32. The summed E-state index contributed by atoms with van der Waals surface area (Å²) in [4.78, 5) is 52.8. The number of aromatic amines is 1. The third-order valence-corrected chi connectivity index (χ3v) is 16.4. The molecule has 10 rings (SSSR count).